The van der Waals surface area contributed by atoms with E-state index in [2.05, 4.69) is 0 Å². The van der Waals surface area contributed by atoms with E-state index in [9.17, 15) is 14.4 Å². The molecule has 1 N–H and O–H groups in total. The molecule has 3 rings (SSSR count). The molecule has 0 bridgehead atoms. The van der Waals surface area contributed by atoms with Crippen LogP contribution in [-0.4, -0.2) is 5.90 Å². The normalized spacial score (nSPS) is 19.7. The molecule has 0 spiro atoms. The van der Waals surface area contributed by atoms with E-state index in [-0.39, 0.29) is 33.6 Å². The highest BCUT2D eigenvalue weighted by Gasteiger charge is 2.41. The van der Waals surface area contributed by atoms with Crippen LogP contribution in [0.1, 0.15) is 22.8 Å². The van der Waals surface area contributed by atoms with E-state index in [4.69, 9.17) is 26.2 Å². The Morgan fingerprint density at radius 3 is 2.78 bits per heavy atom. The van der Waals surface area contributed by atoms with E-state index in [1.165, 1.54) is 24.3 Å². The Hall–Kier alpha value is -2.65. The van der Waals surface area contributed by atoms with Gasteiger partial charge >= 0.3 is 5.63 Å². The predicted octanol–water partition coefficient (Wildman–Crippen LogP) is 3.38. The number of hydrogen-bond donors (Lipinski definition) is 1. The molecule has 1 aromatic carbocycles. The monoisotopic (exact) mass is 332 g/mol. The fourth-order valence-electron chi connectivity index (χ4n) is 2.71. The fourth-order valence-corrected chi connectivity index (χ4v) is 2.99. The van der Waals surface area contributed by atoms with Crippen LogP contribution in [0.3, 0.4) is 0 Å². The van der Waals surface area contributed by atoms with Gasteiger partial charge in [0.15, 0.2) is 0 Å². The molecule has 2 heterocycles. The lowest BCUT2D eigenvalue weighted by molar-refractivity contribution is 0.399. The maximum absolute atomic E-state index is 14.3. The molecule has 1 aromatic heterocycles. The average Bonchev–Trinajstić information content (AvgIpc) is 2.46. The first-order valence-electron chi connectivity index (χ1n) is 6.68. The Kier molecular flexibility index (Phi) is 3.66. The van der Waals surface area contributed by atoms with Crippen molar-refractivity contribution in [1.29, 1.82) is 10.7 Å². The summed E-state index contributed by atoms with van der Waals surface area (Å²) < 4.78 is 24.7. The Morgan fingerprint density at radius 2 is 2.13 bits per heavy atom. The topological polar surface area (TPSA) is 87.1 Å². The number of aryl methyl sites for hydroxylation is 1. The minimum Gasteiger partial charge on any atom is -0.441 e. The average molecular weight is 333 g/mol. The number of hydrogen-bond acceptors (Lipinski definition) is 5. The van der Waals surface area contributed by atoms with E-state index in [0.717, 1.165) is 0 Å². The van der Waals surface area contributed by atoms with E-state index >= 15 is 0 Å². The number of rotatable bonds is 1. The molecule has 2 aromatic rings. The molecule has 2 unspecified atom stereocenters. The van der Waals surface area contributed by atoms with Gasteiger partial charge in [0.1, 0.15) is 23.2 Å². The highest BCUT2D eigenvalue weighted by Crippen LogP contribution is 2.43. The lowest BCUT2D eigenvalue weighted by Gasteiger charge is -2.29. The molecule has 5 nitrogen and oxygen atoms in total. The minimum atomic E-state index is -1.18. The van der Waals surface area contributed by atoms with Gasteiger partial charge in [-0.05, 0) is 19.1 Å². The smallest absolute Gasteiger partial charge is 0.343 e. The van der Waals surface area contributed by atoms with E-state index in [1.807, 2.05) is 6.07 Å². The Morgan fingerprint density at radius 1 is 1.39 bits per heavy atom. The molecule has 0 saturated heterocycles. The third kappa shape index (κ3) is 2.39. The number of ether oxygens (including phenoxy) is 1. The second-order valence-corrected chi connectivity index (χ2v) is 5.52. The van der Waals surface area contributed by atoms with Crippen LogP contribution in [-0.2, 0) is 0 Å². The van der Waals surface area contributed by atoms with Crippen LogP contribution in [0.4, 0.5) is 4.39 Å². The van der Waals surface area contributed by atoms with Gasteiger partial charge in [0.05, 0.1) is 11.6 Å². The molecule has 0 saturated carbocycles. The van der Waals surface area contributed by atoms with Crippen LogP contribution >= 0.6 is 11.6 Å². The summed E-state index contributed by atoms with van der Waals surface area (Å²) in [5.41, 5.74) is -0.770. The summed E-state index contributed by atoms with van der Waals surface area (Å²) in [7, 11) is 0. The van der Waals surface area contributed by atoms with Gasteiger partial charge in [0.2, 0.25) is 5.90 Å². The molecule has 2 atom stereocenters. The zero-order valence-electron chi connectivity index (χ0n) is 11.9. The van der Waals surface area contributed by atoms with Crippen LogP contribution in [0.2, 0.25) is 5.02 Å². The second kappa shape index (κ2) is 5.52. The Bertz CT molecular complexity index is 896. The highest BCUT2D eigenvalue weighted by molar-refractivity contribution is 6.31. The summed E-state index contributed by atoms with van der Waals surface area (Å²) >= 11 is 6.09. The van der Waals surface area contributed by atoms with E-state index in [0.29, 0.717) is 0 Å². The maximum atomic E-state index is 14.3. The van der Waals surface area contributed by atoms with Crippen LogP contribution < -0.4 is 10.4 Å². The summed E-state index contributed by atoms with van der Waals surface area (Å²) in [5.74, 6) is -2.91. The zero-order chi connectivity index (χ0) is 16.7. The van der Waals surface area contributed by atoms with Crippen molar-refractivity contribution in [3.05, 3.63) is 62.4 Å². The molecule has 0 fully saturated rings. The number of fused-ring (bicyclic) bond motifs is 1. The Labute approximate surface area is 135 Å². The van der Waals surface area contributed by atoms with Crippen molar-refractivity contribution in [3.8, 4) is 11.8 Å². The summed E-state index contributed by atoms with van der Waals surface area (Å²) in [6, 6.07) is 7.38. The SMILES string of the molecule is Cc1cc2c(c(=O)o1)C(c1c(F)cccc1Cl)C(C#N)C(=N)O2. The molecular weight excluding hydrogens is 323 g/mol. The number of nitrogens with zero attached hydrogens (tertiary/aromatic N) is 1. The molecular formula is C16H10ClFN2O3. The predicted molar refractivity (Wildman–Crippen MR) is 80.4 cm³/mol. The van der Waals surface area contributed by atoms with Crippen LogP contribution in [0.25, 0.3) is 0 Å². The van der Waals surface area contributed by atoms with Crippen molar-refractivity contribution < 1.29 is 13.5 Å². The standard InChI is InChI=1S/C16H10ClFN2O3/c1-7-5-11-14(16(21)22-7)12(8(6-19)15(20)23-11)13-9(17)3-2-4-10(13)18/h2-5,8,12,20H,1H3. The van der Waals surface area contributed by atoms with Gasteiger partial charge < -0.3 is 9.15 Å². The largest absolute Gasteiger partial charge is 0.441 e. The van der Waals surface area contributed by atoms with Gasteiger partial charge in [-0.15, -0.1) is 0 Å². The molecule has 0 aliphatic carbocycles. The molecule has 116 valence electrons. The van der Waals surface area contributed by atoms with Crippen molar-refractivity contribution in [2.75, 3.05) is 0 Å². The van der Waals surface area contributed by atoms with E-state index in [1.54, 1.807) is 6.92 Å². The first-order chi connectivity index (χ1) is 10.9. The Balaban J connectivity index is 2.37. The van der Waals surface area contributed by atoms with Gasteiger partial charge in [-0.1, -0.05) is 17.7 Å². The molecule has 7 heteroatoms. The van der Waals surface area contributed by atoms with Crippen LogP contribution in [0.5, 0.6) is 5.75 Å². The summed E-state index contributed by atoms with van der Waals surface area (Å²) in [6.07, 6.45) is 0. The minimum absolute atomic E-state index is 0.00912. The lowest BCUT2D eigenvalue weighted by atomic mass is 9.79. The van der Waals surface area contributed by atoms with Crippen molar-refractivity contribution >= 4 is 17.5 Å². The van der Waals surface area contributed by atoms with Crippen molar-refractivity contribution in [2.45, 2.75) is 12.8 Å². The second-order valence-electron chi connectivity index (χ2n) is 5.11. The number of benzene rings is 1. The van der Waals surface area contributed by atoms with Gasteiger partial charge in [-0.2, -0.15) is 5.26 Å². The molecule has 0 radical (unpaired) electrons. The third-order valence-corrected chi connectivity index (χ3v) is 4.00. The van der Waals surface area contributed by atoms with Gasteiger partial charge in [-0.3, -0.25) is 5.41 Å². The summed E-state index contributed by atoms with van der Waals surface area (Å²) in [5, 5.41) is 17.3. The maximum Gasteiger partial charge on any atom is 0.343 e. The fraction of sp³-hybridized carbons (Fsp3) is 0.188. The number of halogens is 2. The number of nitriles is 1. The first-order valence-corrected chi connectivity index (χ1v) is 7.06. The highest BCUT2D eigenvalue weighted by atomic mass is 35.5. The molecule has 0 amide bonds. The molecule has 23 heavy (non-hydrogen) atoms. The third-order valence-electron chi connectivity index (χ3n) is 3.67. The zero-order valence-corrected chi connectivity index (χ0v) is 12.6. The molecule has 1 aliphatic rings. The van der Waals surface area contributed by atoms with Crippen molar-refractivity contribution in [2.24, 2.45) is 5.92 Å². The lowest BCUT2D eigenvalue weighted by Crippen LogP contribution is -2.35. The van der Waals surface area contributed by atoms with Gasteiger partial charge in [0, 0.05) is 22.6 Å². The summed E-state index contributed by atoms with van der Waals surface area (Å²) in [4.78, 5) is 12.3. The first kappa shape index (κ1) is 15.3. The number of nitrogens with one attached hydrogen (secondary N) is 1. The quantitative estimate of drug-likeness (QED) is 0.867. The van der Waals surface area contributed by atoms with E-state index < -0.39 is 23.3 Å². The molecule has 1 aliphatic heterocycles. The van der Waals surface area contributed by atoms with Gasteiger partial charge in [-0.25, -0.2) is 9.18 Å². The van der Waals surface area contributed by atoms with Crippen LogP contribution in [0, 0.1) is 35.4 Å². The van der Waals surface area contributed by atoms with Crippen LogP contribution in [0.15, 0.2) is 33.5 Å². The van der Waals surface area contributed by atoms with Gasteiger partial charge in [0.25, 0.3) is 0 Å². The van der Waals surface area contributed by atoms with Crippen molar-refractivity contribution in [3.63, 3.8) is 0 Å². The van der Waals surface area contributed by atoms with Crippen molar-refractivity contribution in [1.82, 2.24) is 0 Å². The summed E-state index contributed by atoms with van der Waals surface area (Å²) in [6.45, 7) is 1.55.